The number of esters is 1. The van der Waals surface area contributed by atoms with Crippen LogP contribution >= 0.6 is 12.6 Å². The van der Waals surface area contributed by atoms with Crippen LogP contribution < -0.4 is 0 Å². The summed E-state index contributed by atoms with van der Waals surface area (Å²) in [5.41, 5.74) is 0.834. The van der Waals surface area contributed by atoms with Gasteiger partial charge in [0.1, 0.15) is 0 Å². The van der Waals surface area contributed by atoms with Crippen LogP contribution in [0.1, 0.15) is 18.4 Å². The Morgan fingerprint density at radius 2 is 2.00 bits per heavy atom. The standard InChI is InChI=1S/C11H14O3S/c1-8(9-6-4-3-5-7-9)11(13,15)10(12)14-2/h3-8,13,15H,1-2H3/t8?,11-/m1/s1. The number of thiol groups is 1. The molecule has 2 atom stereocenters. The summed E-state index contributed by atoms with van der Waals surface area (Å²) in [6, 6.07) is 9.20. The van der Waals surface area contributed by atoms with Gasteiger partial charge in [-0.25, -0.2) is 4.79 Å². The number of carbonyl (C=O) groups is 1. The molecule has 0 aromatic heterocycles. The Kier molecular flexibility index (Phi) is 3.77. The van der Waals surface area contributed by atoms with Crippen molar-refractivity contribution in [2.45, 2.75) is 17.8 Å². The second kappa shape index (κ2) is 4.68. The van der Waals surface area contributed by atoms with Crippen molar-refractivity contribution in [1.82, 2.24) is 0 Å². The third-order valence-electron chi connectivity index (χ3n) is 2.39. The maximum atomic E-state index is 11.3. The minimum Gasteiger partial charge on any atom is -0.466 e. The van der Waals surface area contributed by atoms with E-state index in [0.717, 1.165) is 5.56 Å². The van der Waals surface area contributed by atoms with Gasteiger partial charge < -0.3 is 9.84 Å². The molecule has 4 heteroatoms. The second-order valence-electron chi connectivity index (χ2n) is 3.35. The molecule has 0 saturated carbocycles. The van der Waals surface area contributed by atoms with Gasteiger partial charge in [-0.05, 0) is 5.56 Å². The second-order valence-corrected chi connectivity index (χ2v) is 4.03. The minimum absolute atomic E-state index is 0.436. The molecule has 1 rings (SSSR count). The predicted octanol–water partition coefficient (Wildman–Crippen LogP) is 1.58. The lowest BCUT2D eigenvalue weighted by Gasteiger charge is -2.26. The van der Waals surface area contributed by atoms with Crippen molar-refractivity contribution in [1.29, 1.82) is 0 Å². The van der Waals surface area contributed by atoms with Gasteiger partial charge in [-0.1, -0.05) is 37.3 Å². The molecule has 0 bridgehead atoms. The average molecular weight is 226 g/mol. The van der Waals surface area contributed by atoms with Crippen molar-refractivity contribution >= 4 is 18.6 Å². The van der Waals surface area contributed by atoms with E-state index < -0.39 is 16.8 Å². The van der Waals surface area contributed by atoms with Gasteiger partial charge in [0.2, 0.25) is 4.93 Å². The highest BCUT2D eigenvalue weighted by atomic mass is 32.1. The Balaban J connectivity index is 2.94. The van der Waals surface area contributed by atoms with Gasteiger partial charge in [0.25, 0.3) is 0 Å². The predicted molar refractivity (Wildman–Crippen MR) is 60.8 cm³/mol. The molecule has 1 unspecified atom stereocenters. The summed E-state index contributed by atoms with van der Waals surface area (Å²) < 4.78 is 4.49. The van der Waals surface area contributed by atoms with Gasteiger partial charge in [0.15, 0.2) is 0 Å². The number of carbonyl (C=O) groups excluding carboxylic acids is 1. The zero-order chi connectivity index (χ0) is 11.5. The van der Waals surface area contributed by atoms with Gasteiger partial charge in [-0.3, -0.25) is 0 Å². The summed E-state index contributed by atoms with van der Waals surface area (Å²) in [7, 11) is 1.22. The maximum absolute atomic E-state index is 11.3. The van der Waals surface area contributed by atoms with Gasteiger partial charge in [-0.15, -0.1) is 12.6 Å². The molecule has 0 aliphatic heterocycles. The van der Waals surface area contributed by atoms with Crippen molar-refractivity contribution in [3.8, 4) is 0 Å². The average Bonchev–Trinajstić information content (AvgIpc) is 2.28. The highest BCUT2D eigenvalue weighted by molar-refractivity contribution is 7.82. The lowest BCUT2D eigenvalue weighted by atomic mass is 9.95. The van der Waals surface area contributed by atoms with Crippen LogP contribution in [-0.2, 0) is 9.53 Å². The third kappa shape index (κ3) is 2.52. The van der Waals surface area contributed by atoms with Crippen LogP contribution in [0.5, 0.6) is 0 Å². The molecule has 1 aromatic carbocycles. The third-order valence-corrected chi connectivity index (χ3v) is 2.96. The molecule has 1 aromatic rings. The van der Waals surface area contributed by atoms with Crippen LogP contribution in [0.3, 0.4) is 0 Å². The first kappa shape index (κ1) is 12.1. The Labute approximate surface area is 94.5 Å². The fourth-order valence-corrected chi connectivity index (χ4v) is 1.54. The molecular formula is C11H14O3S. The maximum Gasteiger partial charge on any atom is 0.349 e. The molecule has 0 radical (unpaired) electrons. The van der Waals surface area contributed by atoms with Gasteiger partial charge in [0.05, 0.1) is 7.11 Å². The SMILES string of the molecule is COC(=O)[C@](O)(S)C(C)c1ccccc1. The topological polar surface area (TPSA) is 46.5 Å². The monoisotopic (exact) mass is 226 g/mol. The van der Waals surface area contributed by atoms with Crippen LogP contribution in [0, 0.1) is 0 Å². The molecule has 0 aliphatic carbocycles. The number of methoxy groups -OCH3 is 1. The van der Waals surface area contributed by atoms with E-state index in [9.17, 15) is 9.90 Å². The van der Waals surface area contributed by atoms with E-state index in [0.29, 0.717) is 0 Å². The van der Waals surface area contributed by atoms with Crippen molar-refractivity contribution in [3.05, 3.63) is 35.9 Å². The van der Waals surface area contributed by atoms with E-state index in [-0.39, 0.29) is 0 Å². The number of rotatable bonds is 3. The van der Waals surface area contributed by atoms with Crippen molar-refractivity contribution in [2.75, 3.05) is 7.11 Å². The zero-order valence-corrected chi connectivity index (χ0v) is 9.57. The summed E-state index contributed by atoms with van der Waals surface area (Å²) in [6.07, 6.45) is 0. The van der Waals surface area contributed by atoms with Crippen LogP contribution in [0.2, 0.25) is 0 Å². The van der Waals surface area contributed by atoms with Crippen molar-refractivity contribution in [2.24, 2.45) is 0 Å². The van der Waals surface area contributed by atoms with Gasteiger partial charge in [0, 0.05) is 5.92 Å². The van der Waals surface area contributed by atoms with Crippen molar-refractivity contribution in [3.63, 3.8) is 0 Å². The summed E-state index contributed by atoms with van der Waals surface area (Å²) in [5.74, 6) is -1.18. The van der Waals surface area contributed by atoms with Crippen LogP contribution in [0.4, 0.5) is 0 Å². The fourth-order valence-electron chi connectivity index (χ4n) is 1.30. The van der Waals surface area contributed by atoms with Crippen LogP contribution in [0.25, 0.3) is 0 Å². The van der Waals surface area contributed by atoms with Crippen LogP contribution in [-0.4, -0.2) is 23.1 Å². The number of ether oxygens (including phenoxy) is 1. The Morgan fingerprint density at radius 1 is 1.47 bits per heavy atom. The number of aliphatic hydroxyl groups is 1. The van der Waals surface area contributed by atoms with E-state index in [1.165, 1.54) is 7.11 Å². The van der Waals surface area contributed by atoms with E-state index in [1.54, 1.807) is 6.92 Å². The molecule has 3 nitrogen and oxygen atoms in total. The van der Waals surface area contributed by atoms with Crippen molar-refractivity contribution < 1.29 is 14.6 Å². The zero-order valence-electron chi connectivity index (χ0n) is 8.68. The Bertz CT molecular complexity index is 335. The fraction of sp³-hybridized carbons (Fsp3) is 0.364. The molecule has 0 spiro atoms. The van der Waals surface area contributed by atoms with Gasteiger partial charge in [-0.2, -0.15) is 0 Å². The van der Waals surface area contributed by atoms with E-state index >= 15 is 0 Å². The molecule has 0 amide bonds. The summed E-state index contributed by atoms with van der Waals surface area (Å²) in [5, 5.41) is 9.89. The molecule has 15 heavy (non-hydrogen) atoms. The molecule has 0 saturated heterocycles. The van der Waals surface area contributed by atoms with E-state index in [2.05, 4.69) is 17.4 Å². The highest BCUT2D eigenvalue weighted by Crippen LogP contribution is 2.31. The molecule has 82 valence electrons. The van der Waals surface area contributed by atoms with E-state index in [4.69, 9.17) is 0 Å². The molecule has 0 fully saturated rings. The summed E-state index contributed by atoms with van der Waals surface area (Å²) >= 11 is 3.95. The smallest absolute Gasteiger partial charge is 0.349 e. The first-order chi connectivity index (χ1) is 7.00. The van der Waals surface area contributed by atoms with E-state index in [1.807, 2.05) is 30.3 Å². The molecule has 0 aliphatic rings. The quantitative estimate of drug-likeness (QED) is 0.467. The lowest BCUT2D eigenvalue weighted by molar-refractivity contribution is -0.154. The largest absolute Gasteiger partial charge is 0.466 e. The summed E-state index contributed by atoms with van der Waals surface area (Å²) in [4.78, 5) is 9.50. The normalized spacial score (nSPS) is 16.5. The van der Waals surface area contributed by atoms with Gasteiger partial charge >= 0.3 is 5.97 Å². The number of benzene rings is 1. The lowest BCUT2D eigenvalue weighted by Crippen LogP contribution is -2.38. The summed E-state index contributed by atoms with van der Waals surface area (Å²) in [6.45, 7) is 1.72. The Morgan fingerprint density at radius 3 is 2.47 bits per heavy atom. The first-order valence-electron chi connectivity index (χ1n) is 4.58. The number of hydrogen-bond acceptors (Lipinski definition) is 4. The molecular weight excluding hydrogens is 212 g/mol. The Hall–Kier alpha value is -1.00. The highest BCUT2D eigenvalue weighted by Gasteiger charge is 2.39. The molecule has 0 heterocycles. The first-order valence-corrected chi connectivity index (χ1v) is 5.03. The van der Waals surface area contributed by atoms with Crippen LogP contribution in [0.15, 0.2) is 30.3 Å². The number of hydrogen-bond donors (Lipinski definition) is 2. The minimum atomic E-state index is -1.80. The molecule has 1 N–H and O–H groups in total.